The van der Waals surface area contributed by atoms with Crippen molar-refractivity contribution in [3.05, 3.63) is 0 Å². The van der Waals surface area contributed by atoms with Gasteiger partial charge in [-0.05, 0) is 45.6 Å². The molecule has 1 aliphatic rings. The summed E-state index contributed by atoms with van der Waals surface area (Å²) in [5.74, 6) is -0.301. The van der Waals surface area contributed by atoms with Gasteiger partial charge in [0.15, 0.2) is 0 Å². The summed E-state index contributed by atoms with van der Waals surface area (Å²) in [6.45, 7) is 8.88. The molecular formula is C14H27NO2. The van der Waals surface area contributed by atoms with Gasteiger partial charge in [0.2, 0.25) is 0 Å². The molecule has 0 aromatic heterocycles. The Labute approximate surface area is 105 Å². The van der Waals surface area contributed by atoms with Crippen LogP contribution in [0.3, 0.4) is 0 Å². The molecule has 0 aromatic rings. The molecule has 0 spiro atoms. The third kappa shape index (κ3) is 4.66. The molecule has 0 bridgehead atoms. The molecule has 3 heteroatoms. The fourth-order valence-electron chi connectivity index (χ4n) is 2.73. The third-order valence-electron chi connectivity index (χ3n) is 3.99. The number of aliphatic carboxylic acids is 1. The molecule has 0 aliphatic carbocycles. The number of nitrogens with zero attached hydrogens (tertiary/aromatic N) is 1. The molecule has 1 unspecified atom stereocenters. The van der Waals surface area contributed by atoms with E-state index in [2.05, 4.69) is 25.7 Å². The van der Waals surface area contributed by atoms with Crippen molar-refractivity contribution in [2.75, 3.05) is 13.1 Å². The molecule has 0 radical (unpaired) electrons. The van der Waals surface area contributed by atoms with Gasteiger partial charge in [-0.25, -0.2) is 0 Å². The van der Waals surface area contributed by atoms with E-state index in [9.17, 15) is 4.79 Å². The van der Waals surface area contributed by atoms with Crippen molar-refractivity contribution in [2.24, 2.45) is 5.92 Å². The van der Waals surface area contributed by atoms with Crippen molar-refractivity contribution >= 4 is 5.97 Å². The van der Waals surface area contributed by atoms with E-state index in [1.165, 1.54) is 19.3 Å². The minimum Gasteiger partial charge on any atom is -0.481 e. The van der Waals surface area contributed by atoms with E-state index in [0.717, 1.165) is 25.9 Å². The Hall–Kier alpha value is -0.570. The third-order valence-corrected chi connectivity index (χ3v) is 3.99. The van der Waals surface area contributed by atoms with Crippen LogP contribution in [0.1, 0.15) is 59.3 Å². The van der Waals surface area contributed by atoms with Gasteiger partial charge in [-0.3, -0.25) is 9.69 Å². The van der Waals surface area contributed by atoms with Gasteiger partial charge in [0.1, 0.15) is 0 Å². The quantitative estimate of drug-likeness (QED) is 0.726. The van der Waals surface area contributed by atoms with E-state index >= 15 is 0 Å². The first-order valence-electron chi connectivity index (χ1n) is 6.92. The fraction of sp³-hybridized carbons (Fsp3) is 0.929. The monoisotopic (exact) mass is 241 g/mol. The van der Waals surface area contributed by atoms with E-state index in [4.69, 9.17) is 5.11 Å². The number of carboxylic acid groups (broad SMARTS) is 1. The number of likely N-dealkylation sites (tertiary alicyclic amines) is 1. The second kappa shape index (κ2) is 6.39. The SMILES string of the molecule is CCCCCN1CC(CC(=O)O)CCC1(C)C. The van der Waals surface area contributed by atoms with Crippen LogP contribution < -0.4 is 0 Å². The van der Waals surface area contributed by atoms with Crippen LogP contribution in [0.25, 0.3) is 0 Å². The Morgan fingerprint density at radius 3 is 2.71 bits per heavy atom. The van der Waals surface area contributed by atoms with Crippen LogP contribution in [0, 0.1) is 5.92 Å². The smallest absolute Gasteiger partial charge is 0.303 e. The molecule has 1 heterocycles. The van der Waals surface area contributed by atoms with Gasteiger partial charge < -0.3 is 5.11 Å². The van der Waals surface area contributed by atoms with Crippen LogP contribution in [0.4, 0.5) is 0 Å². The summed E-state index contributed by atoms with van der Waals surface area (Å²) in [5, 5.41) is 8.88. The molecule has 1 aliphatic heterocycles. The summed E-state index contributed by atoms with van der Waals surface area (Å²) >= 11 is 0. The lowest BCUT2D eigenvalue weighted by molar-refractivity contribution is -0.139. The predicted molar refractivity (Wildman–Crippen MR) is 70.2 cm³/mol. The molecule has 0 saturated carbocycles. The van der Waals surface area contributed by atoms with Gasteiger partial charge in [-0.15, -0.1) is 0 Å². The van der Waals surface area contributed by atoms with Crippen molar-refractivity contribution in [3.8, 4) is 0 Å². The van der Waals surface area contributed by atoms with Gasteiger partial charge in [-0.2, -0.15) is 0 Å². The number of hydrogen-bond acceptors (Lipinski definition) is 2. The van der Waals surface area contributed by atoms with Gasteiger partial charge in [0.25, 0.3) is 0 Å². The number of unbranched alkanes of at least 4 members (excludes halogenated alkanes) is 2. The van der Waals surface area contributed by atoms with Crippen LogP contribution in [0.2, 0.25) is 0 Å². The van der Waals surface area contributed by atoms with Crippen LogP contribution in [-0.2, 0) is 4.79 Å². The molecule has 0 amide bonds. The number of hydrogen-bond donors (Lipinski definition) is 1. The molecule has 3 nitrogen and oxygen atoms in total. The van der Waals surface area contributed by atoms with Crippen LogP contribution in [-0.4, -0.2) is 34.6 Å². The highest BCUT2D eigenvalue weighted by Gasteiger charge is 2.34. The lowest BCUT2D eigenvalue weighted by atomic mass is 9.83. The Balaban J connectivity index is 2.47. The van der Waals surface area contributed by atoms with E-state index < -0.39 is 5.97 Å². The molecule has 1 saturated heterocycles. The molecule has 1 fully saturated rings. The van der Waals surface area contributed by atoms with Gasteiger partial charge in [0.05, 0.1) is 0 Å². The average molecular weight is 241 g/mol. The molecule has 100 valence electrons. The number of carboxylic acids is 1. The molecule has 1 N–H and O–H groups in total. The van der Waals surface area contributed by atoms with Crippen molar-refractivity contribution in [3.63, 3.8) is 0 Å². The first kappa shape index (κ1) is 14.5. The van der Waals surface area contributed by atoms with Gasteiger partial charge in [-0.1, -0.05) is 19.8 Å². The summed E-state index contributed by atoms with van der Waals surface area (Å²) in [6.07, 6.45) is 6.27. The predicted octanol–water partition coefficient (Wildman–Crippen LogP) is 3.14. The molecule has 0 aromatic carbocycles. The zero-order chi connectivity index (χ0) is 12.9. The molecule has 17 heavy (non-hydrogen) atoms. The summed E-state index contributed by atoms with van der Waals surface area (Å²) in [4.78, 5) is 13.3. The second-order valence-electron chi connectivity index (χ2n) is 5.97. The first-order chi connectivity index (χ1) is 7.95. The lowest BCUT2D eigenvalue weighted by Crippen LogP contribution is -2.50. The Morgan fingerprint density at radius 2 is 2.12 bits per heavy atom. The van der Waals surface area contributed by atoms with Crippen molar-refractivity contribution in [2.45, 2.75) is 64.8 Å². The maximum Gasteiger partial charge on any atom is 0.303 e. The zero-order valence-corrected chi connectivity index (χ0v) is 11.5. The van der Waals surface area contributed by atoms with Gasteiger partial charge >= 0.3 is 5.97 Å². The maximum atomic E-state index is 10.8. The molecule has 1 rings (SSSR count). The minimum atomic E-state index is -0.650. The number of rotatable bonds is 6. The molecular weight excluding hydrogens is 214 g/mol. The van der Waals surface area contributed by atoms with E-state index in [0.29, 0.717) is 12.3 Å². The normalized spacial score (nSPS) is 24.8. The van der Waals surface area contributed by atoms with E-state index in [1.807, 2.05) is 0 Å². The number of piperidine rings is 1. The topological polar surface area (TPSA) is 40.5 Å². The summed E-state index contributed by atoms with van der Waals surface area (Å²) in [5.41, 5.74) is 0.253. The maximum absolute atomic E-state index is 10.8. The zero-order valence-electron chi connectivity index (χ0n) is 11.5. The average Bonchev–Trinajstić information content (AvgIpc) is 2.22. The highest BCUT2D eigenvalue weighted by molar-refractivity contribution is 5.67. The standard InChI is InChI=1S/C14H27NO2/c1-4-5-6-9-15-11-12(10-13(16)17)7-8-14(15,2)3/h12H,4-11H2,1-3H3,(H,16,17). The highest BCUT2D eigenvalue weighted by atomic mass is 16.4. The highest BCUT2D eigenvalue weighted by Crippen LogP contribution is 2.32. The number of carbonyl (C=O) groups is 1. The van der Waals surface area contributed by atoms with Crippen LogP contribution in [0.5, 0.6) is 0 Å². The van der Waals surface area contributed by atoms with Crippen LogP contribution >= 0.6 is 0 Å². The summed E-state index contributed by atoms with van der Waals surface area (Å²) in [7, 11) is 0. The van der Waals surface area contributed by atoms with E-state index in [1.54, 1.807) is 0 Å². The van der Waals surface area contributed by atoms with Crippen molar-refractivity contribution < 1.29 is 9.90 Å². The Morgan fingerprint density at radius 1 is 1.41 bits per heavy atom. The largest absolute Gasteiger partial charge is 0.481 e. The molecule has 1 atom stereocenters. The lowest BCUT2D eigenvalue weighted by Gasteiger charge is -2.45. The first-order valence-corrected chi connectivity index (χ1v) is 6.92. The van der Waals surface area contributed by atoms with Crippen molar-refractivity contribution in [1.82, 2.24) is 4.90 Å². The van der Waals surface area contributed by atoms with Crippen LogP contribution in [0.15, 0.2) is 0 Å². The van der Waals surface area contributed by atoms with Crippen molar-refractivity contribution in [1.29, 1.82) is 0 Å². The minimum absolute atomic E-state index is 0.253. The Bertz CT molecular complexity index is 251. The fourth-order valence-corrected chi connectivity index (χ4v) is 2.73. The Kier molecular flexibility index (Phi) is 5.44. The summed E-state index contributed by atoms with van der Waals surface area (Å²) < 4.78 is 0. The van der Waals surface area contributed by atoms with Gasteiger partial charge in [0, 0.05) is 18.5 Å². The second-order valence-corrected chi connectivity index (χ2v) is 5.97. The summed E-state index contributed by atoms with van der Waals surface area (Å²) in [6, 6.07) is 0. The van der Waals surface area contributed by atoms with E-state index in [-0.39, 0.29) is 5.54 Å².